The molecule has 0 spiro atoms. The minimum absolute atomic E-state index is 0.314. The van der Waals surface area contributed by atoms with Crippen LogP contribution in [0.1, 0.15) is 45.6 Å². The van der Waals surface area contributed by atoms with Crippen LogP contribution in [0.5, 0.6) is 0 Å². The first-order valence-electron chi connectivity index (χ1n) is 7.14. The number of carbonyl (C=O) groups is 1. The highest BCUT2D eigenvalue weighted by atomic mass is 35.5. The first-order valence-corrected chi connectivity index (χ1v) is 7.52. The van der Waals surface area contributed by atoms with E-state index in [4.69, 9.17) is 16.3 Å². The predicted molar refractivity (Wildman–Crippen MR) is 80.7 cm³/mol. The molecule has 2 atom stereocenters. The van der Waals surface area contributed by atoms with Gasteiger partial charge in [-0.2, -0.15) is 0 Å². The van der Waals surface area contributed by atoms with Crippen molar-refractivity contribution in [2.75, 3.05) is 6.61 Å². The third kappa shape index (κ3) is 3.74. The molecule has 0 saturated carbocycles. The molecule has 1 rings (SSSR count). The lowest BCUT2D eigenvalue weighted by Gasteiger charge is -2.34. The lowest BCUT2D eigenvalue weighted by molar-refractivity contribution is -0.160. The van der Waals surface area contributed by atoms with Gasteiger partial charge < -0.3 is 9.84 Å². The molecule has 1 aromatic rings. The molecule has 0 saturated heterocycles. The molecule has 112 valence electrons. The number of rotatable bonds is 7. The van der Waals surface area contributed by atoms with Crippen molar-refractivity contribution >= 4 is 17.6 Å². The molecule has 0 bridgehead atoms. The number of ether oxygens (including phenoxy) is 1. The van der Waals surface area contributed by atoms with E-state index >= 15 is 0 Å². The van der Waals surface area contributed by atoms with Crippen molar-refractivity contribution in [3.63, 3.8) is 0 Å². The van der Waals surface area contributed by atoms with Gasteiger partial charge in [0.2, 0.25) is 0 Å². The minimum Gasteiger partial charge on any atom is -0.466 e. The first kappa shape index (κ1) is 17.0. The molecule has 0 fully saturated rings. The van der Waals surface area contributed by atoms with Crippen molar-refractivity contribution < 1.29 is 14.6 Å². The summed E-state index contributed by atoms with van der Waals surface area (Å²) in [5.74, 6) is -0.922. The SMILES string of the molecule is CCCC(C(=O)OCC)C(O)(CC)c1cccc(Cl)c1. The fourth-order valence-electron chi connectivity index (χ4n) is 2.49. The summed E-state index contributed by atoms with van der Waals surface area (Å²) < 4.78 is 5.12. The topological polar surface area (TPSA) is 46.5 Å². The van der Waals surface area contributed by atoms with Gasteiger partial charge in [0.25, 0.3) is 0 Å². The Bertz CT molecular complexity index is 447. The Morgan fingerprint density at radius 1 is 1.40 bits per heavy atom. The Balaban J connectivity index is 3.19. The summed E-state index contributed by atoms with van der Waals surface area (Å²) in [6, 6.07) is 7.05. The van der Waals surface area contributed by atoms with Crippen LogP contribution in [-0.4, -0.2) is 17.7 Å². The molecule has 0 heterocycles. The quantitative estimate of drug-likeness (QED) is 0.776. The normalized spacial score (nSPS) is 15.4. The second-order valence-corrected chi connectivity index (χ2v) is 5.32. The predicted octanol–water partition coefficient (Wildman–Crippen LogP) is 3.92. The number of esters is 1. The highest BCUT2D eigenvalue weighted by Gasteiger charge is 2.41. The van der Waals surface area contributed by atoms with Crippen LogP contribution in [0.25, 0.3) is 0 Å². The zero-order chi connectivity index (χ0) is 15.2. The van der Waals surface area contributed by atoms with E-state index in [1.54, 1.807) is 31.2 Å². The molecule has 2 unspecified atom stereocenters. The van der Waals surface area contributed by atoms with Gasteiger partial charge in [-0.25, -0.2) is 0 Å². The van der Waals surface area contributed by atoms with Crippen molar-refractivity contribution in [3.05, 3.63) is 34.9 Å². The highest BCUT2D eigenvalue weighted by Crippen LogP contribution is 2.37. The minimum atomic E-state index is -1.24. The van der Waals surface area contributed by atoms with E-state index < -0.39 is 11.5 Å². The zero-order valence-electron chi connectivity index (χ0n) is 12.4. The Kier molecular flexibility index (Phi) is 6.50. The van der Waals surface area contributed by atoms with Crippen molar-refractivity contribution in [2.24, 2.45) is 5.92 Å². The lowest BCUT2D eigenvalue weighted by Crippen LogP contribution is -2.40. The van der Waals surface area contributed by atoms with Gasteiger partial charge in [0.1, 0.15) is 5.60 Å². The fraction of sp³-hybridized carbons (Fsp3) is 0.562. The maximum absolute atomic E-state index is 12.2. The van der Waals surface area contributed by atoms with Gasteiger partial charge in [0.05, 0.1) is 12.5 Å². The van der Waals surface area contributed by atoms with Gasteiger partial charge in [-0.05, 0) is 37.5 Å². The van der Waals surface area contributed by atoms with E-state index in [1.165, 1.54) is 0 Å². The monoisotopic (exact) mass is 298 g/mol. The van der Waals surface area contributed by atoms with Crippen LogP contribution in [0.3, 0.4) is 0 Å². The molecular weight excluding hydrogens is 276 g/mol. The third-order valence-electron chi connectivity index (χ3n) is 3.59. The Labute approximate surface area is 125 Å². The number of aliphatic hydroxyl groups is 1. The van der Waals surface area contributed by atoms with Gasteiger partial charge in [0.15, 0.2) is 0 Å². The van der Waals surface area contributed by atoms with Crippen LogP contribution in [0.4, 0.5) is 0 Å². The molecule has 0 aliphatic rings. The number of benzene rings is 1. The summed E-state index contributed by atoms with van der Waals surface area (Å²) in [4.78, 5) is 12.2. The van der Waals surface area contributed by atoms with Crippen molar-refractivity contribution in [3.8, 4) is 0 Å². The van der Waals surface area contributed by atoms with Crippen LogP contribution in [0.2, 0.25) is 5.02 Å². The van der Waals surface area contributed by atoms with E-state index in [2.05, 4.69) is 0 Å². The van der Waals surface area contributed by atoms with Crippen LogP contribution in [-0.2, 0) is 15.1 Å². The maximum Gasteiger partial charge on any atom is 0.312 e. The Hall–Kier alpha value is -1.06. The smallest absolute Gasteiger partial charge is 0.312 e. The summed E-state index contributed by atoms with van der Waals surface area (Å²) in [7, 11) is 0. The van der Waals surface area contributed by atoms with Crippen LogP contribution < -0.4 is 0 Å². The molecule has 20 heavy (non-hydrogen) atoms. The average molecular weight is 299 g/mol. The number of hydrogen-bond acceptors (Lipinski definition) is 3. The van der Waals surface area contributed by atoms with Gasteiger partial charge in [-0.1, -0.05) is 44.0 Å². The highest BCUT2D eigenvalue weighted by molar-refractivity contribution is 6.30. The van der Waals surface area contributed by atoms with Gasteiger partial charge in [-0.3, -0.25) is 4.79 Å². The van der Waals surface area contributed by atoms with Gasteiger partial charge >= 0.3 is 5.97 Å². The lowest BCUT2D eigenvalue weighted by atomic mass is 9.77. The molecular formula is C16H23ClO3. The van der Waals surface area contributed by atoms with Crippen molar-refractivity contribution in [1.82, 2.24) is 0 Å². The van der Waals surface area contributed by atoms with E-state index in [0.29, 0.717) is 30.0 Å². The van der Waals surface area contributed by atoms with E-state index in [9.17, 15) is 9.90 Å². The van der Waals surface area contributed by atoms with Gasteiger partial charge in [-0.15, -0.1) is 0 Å². The number of halogens is 1. The Morgan fingerprint density at radius 3 is 2.60 bits per heavy atom. The number of hydrogen-bond donors (Lipinski definition) is 1. The summed E-state index contributed by atoms with van der Waals surface area (Å²) in [6.45, 7) is 5.93. The zero-order valence-corrected chi connectivity index (χ0v) is 13.1. The van der Waals surface area contributed by atoms with Gasteiger partial charge in [0, 0.05) is 5.02 Å². The Morgan fingerprint density at radius 2 is 2.10 bits per heavy atom. The molecule has 0 aromatic heterocycles. The fourth-order valence-corrected chi connectivity index (χ4v) is 2.68. The molecule has 1 N–H and O–H groups in total. The molecule has 0 aliphatic carbocycles. The standard InChI is InChI=1S/C16H23ClO3/c1-4-8-14(15(18)20-6-3)16(19,5-2)12-9-7-10-13(17)11-12/h7,9-11,14,19H,4-6,8H2,1-3H3. The van der Waals surface area contributed by atoms with Crippen molar-refractivity contribution in [1.29, 1.82) is 0 Å². The molecule has 3 nitrogen and oxygen atoms in total. The second-order valence-electron chi connectivity index (χ2n) is 4.88. The molecule has 4 heteroatoms. The first-order chi connectivity index (χ1) is 9.49. The molecule has 1 aromatic carbocycles. The van der Waals surface area contributed by atoms with E-state index in [1.807, 2.05) is 13.8 Å². The molecule has 0 radical (unpaired) electrons. The van der Waals surface area contributed by atoms with Crippen LogP contribution in [0.15, 0.2) is 24.3 Å². The average Bonchev–Trinajstić information content (AvgIpc) is 2.44. The summed E-state index contributed by atoms with van der Waals surface area (Å²) in [5, 5.41) is 11.6. The van der Waals surface area contributed by atoms with Crippen LogP contribution in [0, 0.1) is 5.92 Å². The second kappa shape index (κ2) is 7.65. The van der Waals surface area contributed by atoms with Crippen LogP contribution >= 0.6 is 11.6 Å². The molecule has 0 aliphatic heterocycles. The largest absolute Gasteiger partial charge is 0.466 e. The maximum atomic E-state index is 12.2. The molecule has 0 amide bonds. The van der Waals surface area contributed by atoms with E-state index in [-0.39, 0.29) is 5.97 Å². The summed E-state index contributed by atoms with van der Waals surface area (Å²) in [5.41, 5.74) is -0.577. The number of carbonyl (C=O) groups excluding carboxylic acids is 1. The van der Waals surface area contributed by atoms with E-state index in [0.717, 1.165) is 6.42 Å². The summed E-state index contributed by atoms with van der Waals surface area (Å²) in [6.07, 6.45) is 1.80. The summed E-state index contributed by atoms with van der Waals surface area (Å²) >= 11 is 6.00. The third-order valence-corrected chi connectivity index (χ3v) is 3.82. The van der Waals surface area contributed by atoms with Crippen molar-refractivity contribution in [2.45, 2.75) is 45.6 Å².